The van der Waals surface area contributed by atoms with Crippen LogP contribution in [0.3, 0.4) is 0 Å². The molecule has 0 spiro atoms. The highest BCUT2D eigenvalue weighted by Crippen LogP contribution is 2.21. The Morgan fingerprint density at radius 2 is 1.92 bits per heavy atom. The van der Waals surface area contributed by atoms with Gasteiger partial charge in [-0.2, -0.15) is 5.10 Å². The topological polar surface area (TPSA) is 76.9 Å². The Hall–Kier alpha value is -2.45. The van der Waals surface area contributed by atoms with Gasteiger partial charge in [-0.05, 0) is 37.8 Å². The van der Waals surface area contributed by atoms with Gasteiger partial charge in [0.05, 0.1) is 11.9 Å². The summed E-state index contributed by atoms with van der Waals surface area (Å²) in [5.74, 6) is -0.207. The number of aryl methyl sites for hydroxylation is 1. The molecule has 3 rings (SSSR count). The summed E-state index contributed by atoms with van der Waals surface area (Å²) in [5.41, 5.74) is 1.29. The second-order valence-electron chi connectivity index (χ2n) is 6.12. The minimum atomic E-state index is -0.454. The average Bonchev–Trinajstić information content (AvgIpc) is 2.57. The zero-order chi connectivity index (χ0) is 18.0. The van der Waals surface area contributed by atoms with Crippen molar-refractivity contribution in [1.29, 1.82) is 0 Å². The van der Waals surface area contributed by atoms with Gasteiger partial charge in [-0.15, -0.1) is 0 Å². The number of hydrogen-bond acceptors (Lipinski definition) is 6. The lowest BCUT2D eigenvalue weighted by molar-refractivity contribution is 0.159. The van der Waals surface area contributed by atoms with E-state index in [0.29, 0.717) is 0 Å². The van der Waals surface area contributed by atoms with Crippen molar-refractivity contribution in [2.24, 2.45) is 5.10 Å². The van der Waals surface area contributed by atoms with Gasteiger partial charge < -0.3 is 10.0 Å². The monoisotopic (exact) mass is 359 g/mol. The maximum absolute atomic E-state index is 12.2. The molecule has 1 fully saturated rings. The van der Waals surface area contributed by atoms with E-state index in [1.165, 1.54) is 10.8 Å². The number of hydrazone groups is 1. The van der Waals surface area contributed by atoms with E-state index in [4.69, 9.17) is 12.2 Å². The van der Waals surface area contributed by atoms with E-state index in [0.717, 1.165) is 37.4 Å². The summed E-state index contributed by atoms with van der Waals surface area (Å²) in [5, 5.41) is 16.9. The van der Waals surface area contributed by atoms with Crippen molar-refractivity contribution in [3.05, 3.63) is 50.5 Å². The lowest BCUT2D eigenvalue weighted by Gasteiger charge is -2.30. The van der Waals surface area contributed by atoms with Crippen LogP contribution in [-0.2, 0) is 0 Å². The molecule has 1 aromatic heterocycles. The predicted molar refractivity (Wildman–Crippen MR) is 100 cm³/mol. The SMILES string of the molecule is Cc1ccccc1-n1c(O)c(/C=N/N2CCN(C)CC2)c(=O)[nH]c1=S. The van der Waals surface area contributed by atoms with E-state index in [-0.39, 0.29) is 16.2 Å². The number of H-pyrrole nitrogens is 1. The molecule has 2 N–H and O–H groups in total. The van der Waals surface area contributed by atoms with Crippen LogP contribution in [0.4, 0.5) is 0 Å². The van der Waals surface area contributed by atoms with Crippen molar-refractivity contribution in [3.63, 3.8) is 0 Å². The summed E-state index contributed by atoms with van der Waals surface area (Å²) in [6, 6.07) is 7.51. The summed E-state index contributed by atoms with van der Waals surface area (Å²) in [6.45, 7) is 5.30. The summed E-state index contributed by atoms with van der Waals surface area (Å²) in [7, 11) is 2.06. The molecular formula is C17H21N5O2S. The second-order valence-corrected chi connectivity index (χ2v) is 6.51. The number of aromatic amines is 1. The fraction of sp³-hybridized carbons (Fsp3) is 0.353. The van der Waals surface area contributed by atoms with Crippen LogP contribution in [0.1, 0.15) is 11.1 Å². The van der Waals surface area contributed by atoms with Gasteiger partial charge >= 0.3 is 0 Å². The van der Waals surface area contributed by atoms with Crippen molar-refractivity contribution >= 4 is 18.4 Å². The number of para-hydroxylation sites is 1. The van der Waals surface area contributed by atoms with Crippen LogP contribution in [0.2, 0.25) is 0 Å². The highest BCUT2D eigenvalue weighted by molar-refractivity contribution is 7.71. The van der Waals surface area contributed by atoms with Gasteiger partial charge in [-0.1, -0.05) is 18.2 Å². The van der Waals surface area contributed by atoms with Gasteiger partial charge in [0.1, 0.15) is 5.56 Å². The summed E-state index contributed by atoms with van der Waals surface area (Å²) < 4.78 is 1.60. The van der Waals surface area contributed by atoms with Crippen LogP contribution in [0, 0.1) is 11.7 Å². The Kier molecular flexibility index (Phi) is 5.00. The molecule has 1 saturated heterocycles. The van der Waals surface area contributed by atoms with E-state index in [9.17, 15) is 9.90 Å². The largest absolute Gasteiger partial charge is 0.494 e. The number of rotatable bonds is 3. The van der Waals surface area contributed by atoms with Crippen LogP contribution >= 0.6 is 12.2 Å². The molecule has 1 aliphatic rings. The van der Waals surface area contributed by atoms with Crippen LogP contribution in [0.25, 0.3) is 5.69 Å². The first-order valence-corrected chi connectivity index (χ1v) is 8.50. The Morgan fingerprint density at radius 1 is 1.24 bits per heavy atom. The van der Waals surface area contributed by atoms with E-state index in [1.54, 1.807) is 0 Å². The lowest BCUT2D eigenvalue weighted by atomic mass is 10.2. The van der Waals surface area contributed by atoms with Crippen molar-refractivity contribution in [1.82, 2.24) is 19.5 Å². The molecule has 0 bridgehead atoms. The van der Waals surface area contributed by atoms with Crippen LogP contribution in [0.5, 0.6) is 5.88 Å². The first-order valence-electron chi connectivity index (χ1n) is 8.09. The normalized spacial score (nSPS) is 15.8. The molecule has 8 heteroatoms. The maximum atomic E-state index is 12.2. The fourth-order valence-electron chi connectivity index (χ4n) is 2.74. The van der Waals surface area contributed by atoms with Crippen molar-refractivity contribution in [2.45, 2.75) is 6.92 Å². The number of nitrogens with zero attached hydrogens (tertiary/aromatic N) is 4. The highest BCUT2D eigenvalue weighted by Gasteiger charge is 2.15. The molecule has 0 atom stereocenters. The Labute approximate surface area is 150 Å². The summed E-state index contributed by atoms with van der Waals surface area (Å²) in [6.07, 6.45) is 1.41. The van der Waals surface area contributed by atoms with E-state index in [1.807, 2.05) is 36.2 Å². The molecule has 1 aliphatic heterocycles. The van der Waals surface area contributed by atoms with Gasteiger partial charge in [0, 0.05) is 26.2 Å². The number of aromatic nitrogens is 2. The molecule has 0 aliphatic carbocycles. The molecule has 0 radical (unpaired) electrons. The minimum Gasteiger partial charge on any atom is -0.494 e. The summed E-state index contributed by atoms with van der Waals surface area (Å²) in [4.78, 5) is 17.1. The third-order valence-electron chi connectivity index (χ3n) is 4.31. The average molecular weight is 359 g/mol. The number of hydrogen-bond donors (Lipinski definition) is 2. The lowest BCUT2D eigenvalue weighted by Crippen LogP contribution is -2.41. The Bertz CT molecular complexity index is 910. The third-order valence-corrected chi connectivity index (χ3v) is 4.59. The molecule has 1 aromatic carbocycles. The Morgan fingerprint density at radius 3 is 2.60 bits per heavy atom. The number of nitrogens with one attached hydrogen (secondary N) is 1. The van der Waals surface area contributed by atoms with Crippen molar-refractivity contribution < 1.29 is 5.11 Å². The van der Waals surface area contributed by atoms with Crippen LogP contribution in [-0.4, -0.2) is 64.0 Å². The molecule has 132 valence electrons. The van der Waals surface area contributed by atoms with Crippen LogP contribution < -0.4 is 5.56 Å². The van der Waals surface area contributed by atoms with E-state index in [2.05, 4.69) is 22.0 Å². The maximum Gasteiger partial charge on any atom is 0.264 e. The van der Waals surface area contributed by atoms with Crippen LogP contribution in [0.15, 0.2) is 34.2 Å². The molecule has 0 saturated carbocycles. The van der Waals surface area contributed by atoms with Crippen molar-refractivity contribution in [2.75, 3.05) is 33.2 Å². The number of likely N-dealkylation sites (N-methyl/N-ethyl adjacent to an activating group) is 1. The van der Waals surface area contributed by atoms with Gasteiger partial charge in [0.15, 0.2) is 4.77 Å². The third kappa shape index (κ3) is 3.64. The van der Waals surface area contributed by atoms with E-state index >= 15 is 0 Å². The van der Waals surface area contributed by atoms with Gasteiger partial charge in [-0.3, -0.25) is 19.4 Å². The molecule has 25 heavy (non-hydrogen) atoms. The highest BCUT2D eigenvalue weighted by atomic mass is 32.1. The minimum absolute atomic E-state index is 0.0933. The first-order chi connectivity index (χ1) is 12.0. The van der Waals surface area contributed by atoms with Crippen molar-refractivity contribution in [3.8, 4) is 11.6 Å². The molecule has 2 heterocycles. The van der Waals surface area contributed by atoms with Gasteiger partial charge in [0.2, 0.25) is 5.88 Å². The molecule has 2 aromatic rings. The predicted octanol–water partition coefficient (Wildman–Crippen LogP) is 1.49. The number of aromatic hydroxyl groups is 1. The standard InChI is InChI=1S/C17H21N5O2S/c1-12-5-3-4-6-14(12)22-16(24)13(15(23)19-17(22)25)11-18-21-9-7-20(2)8-10-21/h3-6,11,24H,7-10H2,1-2H3,(H,19,23,25)/b18-11+. The zero-order valence-corrected chi connectivity index (χ0v) is 15.1. The smallest absolute Gasteiger partial charge is 0.264 e. The fourth-order valence-corrected chi connectivity index (χ4v) is 3.02. The molecule has 0 amide bonds. The molecule has 0 unspecified atom stereocenters. The quantitative estimate of drug-likeness (QED) is 0.641. The van der Waals surface area contributed by atoms with Gasteiger partial charge in [-0.25, -0.2) is 0 Å². The molecular weight excluding hydrogens is 338 g/mol. The zero-order valence-electron chi connectivity index (χ0n) is 14.3. The van der Waals surface area contributed by atoms with Gasteiger partial charge in [0.25, 0.3) is 5.56 Å². The van der Waals surface area contributed by atoms with E-state index < -0.39 is 5.56 Å². The first kappa shape index (κ1) is 17.4. The molecule has 7 nitrogen and oxygen atoms in total. The summed E-state index contributed by atoms with van der Waals surface area (Å²) >= 11 is 5.24. The number of benzene rings is 1. The number of piperazine rings is 1. The Balaban J connectivity index is 2.01. The second kappa shape index (κ2) is 7.20.